The van der Waals surface area contributed by atoms with E-state index in [-0.39, 0.29) is 38.0 Å². The third kappa shape index (κ3) is 6.52. The number of hydrogen-bond donors (Lipinski definition) is 0. The van der Waals surface area contributed by atoms with Crippen LogP contribution in [0.3, 0.4) is 0 Å². The number of amides is 1. The Morgan fingerprint density at radius 1 is 1.19 bits per heavy atom. The van der Waals surface area contributed by atoms with Gasteiger partial charge in [-0.05, 0) is 31.2 Å². The lowest BCUT2D eigenvalue weighted by Gasteiger charge is -2.16. The first-order valence-electron chi connectivity index (χ1n) is 8.27. The molecule has 0 atom stereocenters. The van der Waals surface area contributed by atoms with E-state index in [2.05, 4.69) is 0 Å². The number of carbonyl (C=O) groups excluding carboxylic acids is 3. The lowest BCUT2D eigenvalue weighted by molar-refractivity contribution is -0.147. The van der Waals surface area contributed by atoms with Crippen LogP contribution in [-0.2, 0) is 23.9 Å². The van der Waals surface area contributed by atoms with Gasteiger partial charge in [-0.15, -0.1) is 0 Å². The molecular formula is C18H21NO7S. The van der Waals surface area contributed by atoms with Crippen LogP contribution in [-0.4, -0.2) is 62.0 Å². The molecule has 1 aliphatic heterocycles. The first-order chi connectivity index (χ1) is 13.0. The number of carbonyl (C=O) groups is 3. The van der Waals surface area contributed by atoms with Gasteiger partial charge in [0.25, 0.3) is 0 Å². The highest BCUT2D eigenvalue weighted by atomic mass is 32.2. The molecule has 146 valence electrons. The smallest absolute Gasteiger partial charge is 0.344 e. The molecule has 0 aromatic heterocycles. The molecule has 1 heterocycles. The van der Waals surface area contributed by atoms with E-state index < -0.39 is 11.9 Å². The Labute approximate surface area is 161 Å². The van der Waals surface area contributed by atoms with Gasteiger partial charge >= 0.3 is 11.9 Å². The zero-order valence-electron chi connectivity index (χ0n) is 15.1. The molecule has 0 spiro atoms. The number of benzene rings is 1. The average molecular weight is 395 g/mol. The van der Waals surface area contributed by atoms with Crippen LogP contribution in [0.4, 0.5) is 0 Å². The van der Waals surface area contributed by atoms with Crippen LogP contribution in [0.15, 0.2) is 35.4 Å². The number of ether oxygens (including phenoxy) is 4. The summed E-state index contributed by atoms with van der Waals surface area (Å²) in [7, 11) is 1.56. The first kappa shape index (κ1) is 20.6. The summed E-state index contributed by atoms with van der Waals surface area (Å²) >= 11 is 1.24. The van der Waals surface area contributed by atoms with Gasteiger partial charge in [-0.1, -0.05) is 11.8 Å². The van der Waals surface area contributed by atoms with Gasteiger partial charge in [0.2, 0.25) is 5.91 Å². The third-order valence-corrected chi connectivity index (χ3v) is 4.46. The molecule has 9 heteroatoms. The van der Waals surface area contributed by atoms with E-state index in [0.717, 1.165) is 0 Å². The predicted octanol–water partition coefficient (Wildman–Crippen LogP) is 1.60. The summed E-state index contributed by atoms with van der Waals surface area (Å²) < 4.78 is 20.3. The zero-order valence-corrected chi connectivity index (χ0v) is 16.0. The minimum atomic E-state index is -0.555. The molecule has 1 aromatic rings. The molecule has 0 aliphatic carbocycles. The molecule has 8 nitrogen and oxygen atoms in total. The second kappa shape index (κ2) is 10.5. The molecule has 1 aliphatic rings. The van der Waals surface area contributed by atoms with Gasteiger partial charge in [-0.3, -0.25) is 4.79 Å². The van der Waals surface area contributed by atoms with Crippen LogP contribution in [0.25, 0.3) is 0 Å². The molecule has 2 rings (SSSR count). The molecule has 0 saturated carbocycles. The summed E-state index contributed by atoms with van der Waals surface area (Å²) in [6.07, 6.45) is 1.27. The minimum absolute atomic E-state index is 0.00271. The normalized spacial score (nSPS) is 15.0. The Morgan fingerprint density at radius 2 is 1.89 bits per heavy atom. The highest BCUT2D eigenvalue weighted by molar-refractivity contribution is 8.04. The second-order valence-corrected chi connectivity index (χ2v) is 6.25. The maximum absolute atomic E-state index is 11.9. The van der Waals surface area contributed by atoms with Crippen molar-refractivity contribution in [1.29, 1.82) is 0 Å². The fourth-order valence-corrected chi connectivity index (χ4v) is 3.12. The van der Waals surface area contributed by atoms with Crippen LogP contribution >= 0.6 is 11.8 Å². The average Bonchev–Trinajstić information content (AvgIpc) is 3.00. The Bertz CT molecular complexity index is 702. The fourth-order valence-electron chi connectivity index (χ4n) is 2.16. The van der Waals surface area contributed by atoms with Crippen molar-refractivity contribution < 1.29 is 33.3 Å². The highest BCUT2D eigenvalue weighted by Crippen LogP contribution is 2.28. The van der Waals surface area contributed by atoms with Gasteiger partial charge in [-0.2, -0.15) is 0 Å². The SMILES string of the molecule is CCOC(=O)/C=C1\SCC(=O)N1CCOC(=O)COc1ccc(OC)cc1. The van der Waals surface area contributed by atoms with Crippen LogP contribution < -0.4 is 9.47 Å². The van der Waals surface area contributed by atoms with Gasteiger partial charge in [0, 0.05) is 0 Å². The number of esters is 2. The van der Waals surface area contributed by atoms with Crippen molar-refractivity contribution in [2.45, 2.75) is 6.92 Å². The van der Waals surface area contributed by atoms with E-state index >= 15 is 0 Å². The standard InChI is InChI=1S/C18H21NO7S/c1-3-24-17(21)10-16-19(15(20)12-27-16)8-9-25-18(22)11-26-14-6-4-13(23-2)5-7-14/h4-7,10H,3,8-9,11-12H2,1-2H3/b16-10-. The molecule has 1 saturated heterocycles. The highest BCUT2D eigenvalue weighted by Gasteiger charge is 2.27. The van der Waals surface area contributed by atoms with E-state index in [0.29, 0.717) is 16.5 Å². The van der Waals surface area contributed by atoms with E-state index in [1.165, 1.54) is 22.7 Å². The Kier molecular flexibility index (Phi) is 8.00. The number of methoxy groups -OCH3 is 1. The van der Waals surface area contributed by atoms with Crippen LogP contribution in [0.1, 0.15) is 6.92 Å². The zero-order chi connectivity index (χ0) is 19.6. The molecule has 1 amide bonds. The van der Waals surface area contributed by atoms with Crippen molar-refractivity contribution in [3.8, 4) is 11.5 Å². The Hall–Kier alpha value is -2.68. The second-order valence-electron chi connectivity index (χ2n) is 5.25. The van der Waals surface area contributed by atoms with Crippen molar-refractivity contribution in [2.24, 2.45) is 0 Å². The van der Waals surface area contributed by atoms with Crippen molar-refractivity contribution in [3.05, 3.63) is 35.4 Å². The van der Waals surface area contributed by atoms with Gasteiger partial charge in [0.05, 0.1) is 37.1 Å². The summed E-state index contributed by atoms with van der Waals surface area (Å²) in [6, 6.07) is 6.79. The van der Waals surface area contributed by atoms with E-state index in [1.54, 1.807) is 38.3 Å². The molecule has 0 N–H and O–H groups in total. The fraction of sp³-hybridized carbons (Fsp3) is 0.389. The van der Waals surface area contributed by atoms with Gasteiger partial charge in [0.15, 0.2) is 6.61 Å². The molecule has 0 bridgehead atoms. The maximum Gasteiger partial charge on any atom is 0.344 e. The number of hydrogen-bond acceptors (Lipinski definition) is 8. The van der Waals surface area contributed by atoms with Crippen molar-refractivity contribution in [1.82, 2.24) is 4.90 Å². The van der Waals surface area contributed by atoms with E-state index in [1.807, 2.05) is 0 Å². The minimum Gasteiger partial charge on any atom is -0.497 e. The molecular weight excluding hydrogens is 374 g/mol. The Morgan fingerprint density at radius 3 is 2.56 bits per heavy atom. The van der Waals surface area contributed by atoms with Gasteiger partial charge < -0.3 is 23.8 Å². The lowest BCUT2D eigenvalue weighted by Crippen LogP contribution is -2.30. The summed E-state index contributed by atoms with van der Waals surface area (Å²) in [6.45, 7) is 1.87. The molecule has 27 heavy (non-hydrogen) atoms. The summed E-state index contributed by atoms with van der Waals surface area (Å²) in [5, 5.41) is 0.490. The summed E-state index contributed by atoms with van der Waals surface area (Å²) in [5.74, 6) is 0.217. The summed E-state index contributed by atoms with van der Waals surface area (Å²) in [5.41, 5.74) is 0. The third-order valence-electron chi connectivity index (χ3n) is 3.43. The molecule has 1 aromatic carbocycles. The maximum atomic E-state index is 11.9. The topological polar surface area (TPSA) is 91.4 Å². The number of thioether (sulfide) groups is 1. The van der Waals surface area contributed by atoms with Crippen LogP contribution in [0.5, 0.6) is 11.5 Å². The van der Waals surface area contributed by atoms with E-state index in [4.69, 9.17) is 18.9 Å². The first-order valence-corrected chi connectivity index (χ1v) is 9.26. The quantitative estimate of drug-likeness (QED) is 0.460. The van der Waals surface area contributed by atoms with Crippen molar-refractivity contribution in [3.63, 3.8) is 0 Å². The van der Waals surface area contributed by atoms with Crippen LogP contribution in [0, 0.1) is 0 Å². The summed E-state index contributed by atoms with van der Waals surface area (Å²) in [4.78, 5) is 36.6. The number of nitrogens with zero attached hydrogens (tertiary/aromatic N) is 1. The Balaban J connectivity index is 1.75. The van der Waals surface area contributed by atoms with Gasteiger partial charge in [0.1, 0.15) is 18.1 Å². The van der Waals surface area contributed by atoms with Crippen molar-refractivity contribution >= 4 is 29.6 Å². The molecule has 0 radical (unpaired) electrons. The largest absolute Gasteiger partial charge is 0.497 e. The number of rotatable bonds is 9. The predicted molar refractivity (Wildman–Crippen MR) is 98.3 cm³/mol. The van der Waals surface area contributed by atoms with Gasteiger partial charge in [-0.25, -0.2) is 9.59 Å². The molecule has 1 fully saturated rings. The van der Waals surface area contributed by atoms with Crippen molar-refractivity contribution in [2.75, 3.05) is 39.2 Å². The van der Waals surface area contributed by atoms with E-state index in [9.17, 15) is 14.4 Å². The lowest BCUT2D eigenvalue weighted by atomic mass is 10.3. The van der Waals surface area contributed by atoms with Crippen LogP contribution in [0.2, 0.25) is 0 Å². The molecule has 0 unspecified atom stereocenters. The monoisotopic (exact) mass is 395 g/mol.